The van der Waals surface area contributed by atoms with E-state index in [1.54, 1.807) is 7.05 Å². The molecular formula is C10H15FN4S. The van der Waals surface area contributed by atoms with E-state index >= 15 is 0 Å². The topological polar surface area (TPSA) is 49.8 Å². The van der Waals surface area contributed by atoms with E-state index in [1.807, 2.05) is 11.8 Å². The minimum Gasteiger partial charge on any atom is -0.366 e. The quantitative estimate of drug-likeness (QED) is 0.845. The van der Waals surface area contributed by atoms with Crippen molar-refractivity contribution in [3.8, 4) is 0 Å². The number of halogens is 1. The molecule has 0 aromatic carbocycles. The molecule has 2 N–H and O–H groups in total. The van der Waals surface area contributed by atoms with Crippen LogP contribution in [-0.4, -0.2) is 34.6 Å². The van der Waals surface area contributed by atoms with Crippen molar-refractivity contribution >= 4 is 23.5 Å². The molecule has 0 saturated carbocycles. The molecule has 0 amide bonds. The van der Waals surface area contributed by atoms with Crippen LogP contribution in [0.3, 0.4) is 0 Å². The van der Waals surface area contributed by atoms with Crippen molar-refractivity contribution in [1.29, 1.82) is 0 Å². The molecule has 88 valence electrons. The second-order valence-corrected chi connectivity index (χ2v) is 5.06. The summed E-state index contributed by atoms with van der Waals surface area (Å²) in [5.41, 5.74) is 0. The van der Waals surface area contributed by atoms with Crippen molar-refractivity contribution in [3.63, 3.8) is 0 Å². The third-order valence-electron chi connectivity index (χ3n) is 2.49. The third kappa shape index (κ3) is 2.75. The second kappa shape index (κ2) is 5.34. The zero-order valence-corrected chi connectivity index (χ0v) is 9.98. The fraction of sp³-hybridized carbons (Fsp3) is 0.600. The summed E-state index contributed by atoms with van der Waals surface area (Å²) in [7, 11) is 1.71. The molecule has 6 heteroatoms. The van der Waals surface area contributed by atoms with Gasteiger partial charge in [-0.05, 0) is 18.6 Å². The normalized spacial score (nSPS) is 19.8. The van der Waals surface area contributed by atoms with Crippen LogP contribution in [0.5, 0.6) is 0 Å². The van der Waals surface area contributed by atoms with E-state index < -0.39 is 5.82 Å². The van der Waals surface area contributed by atoms with Crippen LogP contribution in [0.1, 0.15) is 12.8 Å². The average Bonchev–Trinajstić information content (AvgIpc) is 2.81. The number of aromatic nitrogens is 2. The van der Waals surface area contributed by atoms with E-state index in [1.165, 1.54) is 24.8 Å². The highest BCUT2D eigenvalue weighted by Crippen LogP contribution is 2.26. The van der Waals surface area contributed by atoms with Gasteiger partial charge in [0.15, 0.2) is 11.6 Å². The second-order valence-electron chi connectivity index (χ2n) is 3.66. The maximum Gasteiger partial charge on any atom is 0.224 e. The smallest absolute Gasteiger partial charge is 0.224 e. The van der Waals surface area contributed by atoms with Gasteiger partial charge in [-0.15, -0.1) is 0 Å². The van der Waals surface area contributed by atoms with E-state index in [0.717, 1.165) is 6.54 Å². The SMILES string of the molecule is CNc1ncc(F)c(NCC2CCCS2)n1. The van der Waals surface area contributed by atoms with Gasteiger partial charge in [0.1, 0.15) is 0 Å². The van der Waals surface area contributed by atoms with Crippen LogP contribution in [0, 0.1) is 5.82 Å². The average molecular weight is 242 g/mol. The lowest BCUT2D eigenvalue weighted by atomic mass is 10.2. The molecule has 1 aliphatic rings. The third-order valence-corrected chi connectivity index (χ3v) is 3.89. The summed E-state index contributed by atoms with van der Waals surface area (Å²) < 4.78 is 13.4. The summed E-state index contributed by atoms with van der Waals surface area (Å²) in [4.78, 5) is 7.83. The molecule has 1 aromatic heterocycles. The van der Waals surface area contributed by atoms with Gasteiger partial charge in [0.2, 0.25) is 5.95 Å². The lowest BCUT2D eigenvalue weighted by molar-refractivity contribution is 0.616. The molecule has 16 heavy (non-hydrogen) atoms. The first-order valence-corrected chi connectivity index (χ1v) is 6.40. The minimum absolute atomic E-state index is 0.284. The van der Waals surface area contributed by atoms with Gasteiger partial charge in [0.05, 0.1) is 6.20 Å². The molecule has 2 heterocycles. The monoisotopic (exact) mass is 242 g/mol. The first kappa shape index (κ1) is 11.4. The van der Waals surface area contributed by atoms with Gasteiger partial charge in [0, 0.05) is 18.8 Å². The molecular weight excluding hydrogens is 227 g/mol. The molecule has 1 unspecified atom stereocenters. The van der Waals surface area contributed by atoms with Crippen molar-refractivity contribution in [2.75, 3.05) is 30.0 Å². The van der Waals surface area contributed by atoms with Gasteiger partial charge < -0.3 is 10.6 Å². The number of hydrogen-bond acceptors (Lipinski definition) is 5. The van der Waals surface area contributed by atoms with E-state index in [0.29, 0.717) is 11.2 Å². The lowest BCUT2D eigenvalue weighted by Gasteiger charge is -2.11. The van der Waals surface area contributed by atoms with Gasteiger partial charge in [-0.25, -0.2) is 9.37 Å². The van der Waals surface area contributed by atoms with Gasteiger partial charge >= 0.3 is 0 Å². The Labute approximate surface area is 98.4 Å². The van der Waals surface area contributed by atoms with Crippen molar-refractivity contribution in [3.05, 3.63) is 12.0 Å². The van der Waals surface area contributed by atoms with Crippen LogP contribution in [0.4, 0.5) is 16.2 Å². The summed E-state index contributed by atoms with van der Waals surface area (Å²) in [6.45, 7) is 0.766. The predicted octanol–water partition coefficient (Wildman–Crippen LogP) is 1.96. The van der Waals surface area contributed by atoms with Crippen molar-refractivity contribution < 1.29 is 4.39 Å². The molecule has 1 aromatic rings. The van der Waals surface area contributed by atoms with Crippen molar-refractivity contribution in [2.45, 2.75) is 18.1 Å². The van der Waals surface area contributed by atoms with Crippen LogP contribution in [0.15, 0.2) is 6.20 Å². The summed E-state index contributed by atoms with van der Waals surface area (Å²) in [5, 5.41) is 6.41. The Hall–Kier alpha value is -1.04. The predicted molar refractivity (Wildman–Crippen MR) is 65.5 cm³/mol. The number of hydrogen-bond donors (Lipinski definition) is 2. The van der Waals surface area contributed by atoms with Gasteiger partial charge in [-0.2, -0.15) is 16.7 Å². The maximum absolute atomic E-state index is 13.4. The van der Waals surface area contributed by atoms with Gasteiger partial charge in [-0.1, -0.05) is 0 Å². The Kier molecular flexibility index (Phi) is 3.82. The Morgan fingerprint density at radius 2 is 2.50 bits per heavy atom. The van der Waals surface area contributed by atoms with E-state index in [4.69, 9.17) is 0 Å². The lowest BCUT2D eigenvalue weighted by Crippen LogP contribution is -2.16. The molecule has 1 fully saturated rings. The Balaban J connectivity index is 1.96. The summed E-state index contributed by atoms with van der Waals surface area (Å²) in [6.07, 6.45) is 3.64. The fourth-order valence-electron chi connectivity index (χ4n) is 1.63. The van der Waals surface area contributed by atoms with Crippen LogP contribution >= 0.6 is 11.8 Å². The molecule has 2 rings (SSSR count). The van der Waals surface area contributed by atoms with Crippen LogP contribution in [0.2, 0.25) is 0 Å². The van der Waals surface area contributed by atoms with Crippen LogP contribution in [0.25, 0.3) is 0 Å². The highest BCUT2D eigenvalue weighted by atomic mass is 32.2. The molecule has 0 radical (unpaired) electrons. The molecule has 1 aliphatic heterocycles. The Bertz CT molecular complexity index is 355. The summed E-state index contributed by atoms with van der Waals surface area (Å²) >= 11 is 1.93. The molecule has 4 nitrogen and oxygen atoms in total. The Morgan fingerprint density at radius 3 is 3.19 bits per heavy atom. The molecule has 1 atom stereocenters. The summed E-state index contributed by atoms with van der Waals surface area (Å²) in [5.74, 6) is 1.53. The number of anilines is 2. The maximum atomic E-state index is 13.4. The minimum atomic E-state index is -0.401. The molecule has 0 bridgehead atoms. The van der Waals surface area contributed by atoms with Crippen LogP contribution in [-0.2, 0) is 0 Å². The number of nitrogens with zero attached hydrogens (tertiary/aromatic N) is 2. The van der Waals surface area contributed by atoms with Gasteiger partial charge in [0.25, 0.3) is 0 Å². The number of thioether (sulfide) groups is 1. The van der Waals surface area contributed by atoms with Crippen molar-refractivity contribution in [2.24, 2.45) is 0 Å². The highest BCUT2D eigenvalue weighted by Gasteiger charge is 2.16. The highest BCUT2D eigenvalue weighted by molar-refractivity contribution is 8.00. The first-order chi connectivity index (χ1) is 7.79. The van der Waals surface area contributed by atoms with Crippen molar-refractivity contribution in [1.82, 2.24) is 9.97 Å². The van der Waals surface area contributed by atoms with Crippen LogP contribution < -0.4 is 10.6 Å². The van der Waals surface area contributed by atoms with E-state index in [2.05, 4.69) is 20.6 Å². The molecule has 0 spiro atoms. The van der Waals surface area contributed by atoms with Gasteiger partial charge in [-0.3, -0.25) is 0 Å². The number of rotatable bonds is 4. The Morgan fingerprint density at radius 1 is 1.62 bits per heavy atom. The zero-order valence-electron chi connectivity index (χ0n) is 9.16. The van der Waals surface area contributed by atoms with E-state index in [-0.39, 0.29) is 5.82 Å². The number of nitrogens with one attached hydrogen (secondary N) is 2. The standard InChI is InChI=1S/C10H15FN4S/c1-12-10-14-6-8(11)9(15-10)13-5-7-3-2-4-16-7/h6-7H,2-5H2,1H3,(H2,12,13,14,15). The first-order valence-electron chi connectivity index (χ1n) is 5.35. The molecule has 0 aliphatic carbocycles. The summed E-state index contributed by atoms with van der Waals surface area (Å²) in [6, 6.07) is 0. The largest absolute Gasteiger partial charge is 0.366 e. The van der Waals surface area contributed by atoms with E-state index in [9.17, 15) is 4.39 Å². The fourth-order valence-corrected chi connectivity index (χ4v) is 2.83. The zero-order chi connectivity index (χ0) is 11.4. The molecule has 1 saturated heterocycles.